The summed E-state index contributed by atoms with van der Waals surface area (Å²) in [7, 11) is 0. The number of amides is 17. The summed E-state index contributed by atoms with van der Waals surface area (Å²) in [6.45, 7) is 9.72. The molecule has 5 aromatic carbocycles. The minimum atomic E-state index is -1.92. The molecule has 2 saturated heterocycles. The molecular weight excluding hydrogens is 1520 g/mol. The minimum Gasteiger partial charge on any atom is -0.394 e. The maximum absolute atomic E-state index is 15.4. The third-order valence-electron chi connectivity index (χ3n) is 19.2. The summed E-state index contributed by atoms with van der Waals surface area (Å²) in [6, 6.07) is 17.3. The largest absolute Gasteiger partial charge is 0.394 e. The summed E-state index contributed by atoms with van der Waals surface area (Å²) < 4.78 is 0. The fourth-order valence-corrected chi connectivity index (χ4v) is 13.1. The van der Waals surface area contributed by atoms with Crippen LogP contribution in [0, 0.1) is 5.92 Å². The number of carbonyl (C=O) groups is 15. The highest BCUT2D eigenvalue weighted by molar-refractivity contribution is 6.30. The zero-order chi connectivity index (χ0) is 84.3. The van der Waals surface area contributed by atoms with Crippen LogP contribution in [-0.4, -0.2) is 196 Å². The van der Waals surface area contributed by atoms with Gasteiger partial charge in [-0.2, -0.15) is 0 Å². The first-order valence-electron chi connectivity index (χ1n) is 38.2. The van der Waals surface area contributed by atoms with Crippen molar-refractivity contribution >= 4 is 123 Å². The molecule has 11 atom stereocenters. The number of unbranched alkanes of at least 4 members (excludes halogenated alkanes) is 1. The summed E-state index contributed by atoms with van der Waals surface area (Å²) in [5.41, 5.74) is 13.5. The number of hydrogen-bond donors (Lipinski definition) is 17. The van der Waals surface area contributed by atoms with Crippen LogP contribution >= 0.6 is 11.6 Å². The third kappa shape index (κ3) is 27.7. The van der Waals surface area contributed by atoms with Crippen LogP contribution in [0.3, 0.4) is 0 Å². The summed E-state index contributed by atoms with van der Waals surface area (Å²) in [4.78, 5) is 212. The fourth-order valence-electron chi connectivity index (χ4n) is 13.0. The highest BCUT2D eigenvalue weighted by Gasteiger charge is 2.43. The number of halogens is 1. The Morgan fingerprint density at radius 2 is 1.02 bits per heavy atom. The average Bonchev–Trinajstić information content (AvgIpc) is 0.796. The van der Waals surface area contributed by atoms with E-state index in [1.165, 1.54) is 79.7 Å². The van der Waals surface area contributed by atoms with E-state index < -0.39 is 168 Å². The molecular formula is C81H101ClN18O16. The van der Waals surface area contributed by atoms with Crippen molar-refractivity contribution in [2.75, 3.05) is 30.3 Å². The smallest absolute Gasteiger partial charge is 0.322 e. The normalized spacial score (nSPS) is 16.1. The van der Waals surface area contributed by atoms with Crippen molar-refractivity contribution in [2.24, 2.45) is 17.4 Å². The standard InChI is InChI=1S/C81H101ClN18O16/c1-44(2)34-59(71(106)91-58(15-9-10-32-86-45(3)4)79(114)100-33-30-67(100)78(113)87-46(5)69(83)104)92-73(108)62(37-50-21-28-57(29-22-50)90-80(84)115)94-75(110)63(38-49-19-26-56(27-20-49)89-70(105)65-41-68(103)99-81(116)98-65)96-77(112)66(43-101)97-76(111)64(40-52-12-11-31-85-42-52)95-74(109)61(36-48-17-24-55(82)25-18-48)93-72(107)60(88-47(6)102)39-51-16-23-53-13-7-8-14-54(53)35-51/h7-8,11-14,16-29,31,35,42,44-46,58-67,86,101H,9-10,15,30,32-34,36-41,43H2,1-6H3,(H2,83,104)(H,87,113)(H,88,102)(H,89,105)(H,91,106)(H,92,108)(H,93,107)(H,94,110)(H,95,109)(H,96,112)(H,97,111)(H3,84,90,115)(H2,98,99,103,116)/t46-,58+,59+,60-,61-,62-,63+,64-,65+,66+,67+/m1/s1. The molecule has 0 spiro atoms. The van der Waals surface area contributed by atoms with Gasteiger partial charge in [0.15, 0.2) is 0 Å². The first kappa shape index (κ1) is 89.1. The number of aliphatic hydroxyl groups excluding tert-OH is 1. The van der Waals surface area contributed by atoms with E-state index in [1.54, 1.807) is 50.2 Å². The number of carbonyl (C=O) groups excluding carboxylic acids is 15. The Balaban J connectivity index is 1.09. The van der Waals surface area contributed by atoms with Crippen molar-refractivity contribution in [3.63, 3.8) is 0 Å². The highest BCUT2D eigenvalue weighted by Crippen LogP contribution is 2.24. The number of benzene rings is 5. The van der Waals surface area contributed by atoms with E-state index >= 15 is 9.59 Å². The van der Waals surface area contributed by atoms with Gasteiger partial charge in [0.25, 0.3) is 0 Å². The van der Waals surface area contributed by atoms with Gasteiger partial charge in [-0.3, -0.25) is 72.6 Å². The molecule has 2 aliphatic heterocycles. The Kier molecular flexibility index (Phi) is 33.2. The van der Waals surface area contributed by atoms with Crippen molar-refractivity contribution in [2.45, 2.75) is 185 Å². The first-order chi connectivity index (χ1) is 55.3. The second-order valence-electron chi connectivity index (χ2n) is 29.4. The molecule has 1 aromatic heterocycles. The van der Waals surface area contributed by atoms with E-state index in [-0.39, 0.29) is 86.8 Å². The number of nitrogens with one attached hydrogen (secondary N) is 14. The van der Waals surface area contributed by atoms with Gasteiger partial charge in [-0.25, -0.2) is 9.59 Å². The van der Waals surface area contributed by atoms with Crippen molar-refractivity contribution in [3.05, 3.63) is 173 Å². The molecule has 116 heavy (non-hydrogen) atoms. The summed E-state index contributed by atoms with van der Waals surface area (Å²) in [5, 5.41) is 50.3. The van der Waals surface area contributed by atoms with Crippen molar-refractivity contribution in [1.29, 1.82) is 0 Å². The quantitative estimate of drug-likeness (QED) is 0.0239. The number of rotatable bonds is 41. The molecule has 35 heteroatoms. The van der Waals surface area contributed by atoms with Crippen LogP contribution in [-0.2, 0) is 94.4 Å². The zero-order valence-electron chi connectivity index (χ0n) is 65.2. The molecule has 0 saturated carbocycles. The molecule has 17 amide bonds. The first-order valence-corrected chi connectivity index (χ1v) is 38.6. The van der Waals surface area contributed by atoms with Gasteiger partial charge in [0.05, 0.1) is 13.0 Å². The predicted molar refractivity (Wildman–Crippen MR) is 430 cm³/mol. The Hall–Kier alpha value is -12.4. The minimum absolute atomic E-state index is 0.00410. The number of aromatic nitrogens is 1. The van der Waals surface area contributed by atoms with Gasteiger partial charge in [0.1, 0.15) is 66.5 Å². The number of aliphatic hydroxyl groups is 1. The van der Waals surface area contributed by atoms with E-state index in [2.05, 4.69) is 74.1 Å². The maximum Gasteiger partial charge on any atom is 0.322 e. The van der Waals surface area contributed by atoms with E-state index in [4.69, 9.17) is 23.1 Å². The zero-order valence-corrected chi connectivity index (χ0v) is 65.9. The Morgan fingerprint density at radius 1 is 0.534 bits per heavy atom. The van der Waals surface area contributed by atoms with Crippen molar-refractivity contribution < 1.29 is 77.0 Å². The molecule has 19 N–H and O–H groups in total. The van der Waals surface area contributed by atoms with Crippen molar-refractivity contribution in [1.82, 2.24) is 73.7 Å². The van der Waals surface area contributed by atoms with E-state index in [0.29, 0.717) is 46.7 Å². The Bertz CT molecular complexity index is 4500. The molecule has 0 bridgehead atoms. The molecule has 0 aliphatic carbocycles. The highest BCUT2D eigenvalue weighted by atomic mass is 35.5. The maximum atomic E-state index is 15.4. The van der Waals surface area contributed by atoms with Gasteiger partial charge < -0.3 is 90.6 Å². The predicted octanol–water partition coefficient (Wildman–Crippen LogP) is 1.12. The fraction of sp³-hybridized carbons (Fsp3) is 0.407. The second-order valence-corrected chi connectivity index (χ2v) is 29.8. The van der Waals surface area contributed by atoms with Crippen molar-refractivity contribution in [3.8, 4) is 0 Å². The molecule has 8 rings (SSSR count). The van der Waals surface area contributed by atoms with E-state index in [1.807, 2.05) is 61.6 Å². The van der Waals surface area contributed by atoms with Gasteiger partial charge >= 0.3 is 12.1 Å². The number of pyridine rings is 1. The molecule has 6 aromatic rings. The van der Waals surface area contributed by atoms with Crippen LogP contribution < -0.4 is 85.9 Å². The third-order valence-corrected chi connectivity index (χ3v) is 19.5. The Morgan fingerprint density at radius 3 is 1.51 bits per heavy atom. The van der Waals surface area contributed by atoms with Gasteiger partial charge in [-0.15, -0.1) is 0 Å². The molecule has 0 unspecified atom stereocenters. The van der Waals surface area contributed by atoms with Crippen LogP contribution in [0.2, 0.25) is 5.02 Å². The number of nitrogens with zero attached hydrogens (tertiary/aromatic N) is 2. The molecule has 2 fully saturated rings. The lowest BCUT2D eigenvalue weighted by Crippen LogP contribution is -2.64. The lowest BCUT2D eigenvalue weighted by molar-refractivity contribution is -0.150. The number of urea groups is 2. The number of imide groups is 1. The lowest BCUT2D eigenvalue weighted by Gasteiger charge is -2.42. The topological polar surface area (TPSA) is 513 Å². The number of likely N-dealkylation sites (tertiary alicyclic amines) is 1. The van der Waals surface area contributed by atoms with Crippen LogP contribution in [0.25, 0.3) is 10.8 Å². The summed E-state index contributed by atoms with van der Waals surface area (Å²) in [6.07, 6.45) is 2.61. The lowest BCUT2D eigenvalue weighted by atomic mass is 9.97. The molecule has 618 valence electrons. The molecule has 3 heterocycles. The van der Waals surface area contributed by atoms with Gasteiger partial charge in [-0.05, 0) is 133 Å². The summed E-state index contributed by atoms with van der Waals surface area (Å²) >= 11 is 6.26. The summed E-state index contributed by atoms with van der Waals surface area (Å²) in [5.74, 6) is -11.0. The number of fused-ring (bicyclic) bond motifs is 1. The van der Waals surface area contributed by atoms with Crippen LogP contribution in [0.1, 0.15) is 108 Å². The average molecular weight is 1620 g/mol. The Labute approximate surface area is 675 Å². The second kappa shape index (κ2) is 43.2. The van der Waals surface area contributed by atoms with Crippen LogP contribution in [0.4, 0.5) is 21.0 Å². The monoisotopic (exact) mass is 1620 g/mol. The number of primary amides is 2. The van der Waals surface area contributed by atoms with E-state index in [9.17, 15) is 67.4 Å². The van der Waals surface area contributed by atoms with Crippen LogP contribution in [0.15, 0.2) is 140 Å². The van der Waals surface area contributed by atoms with Crippen LogP contribution in [0.5, 0.6) is 0 Å². The van der Waals surface area contributed by atoms with Gasteiger partial charge in [0.2, 0.25) is 76.8 Å². The van der Waals surface area contributed by atoms with Gasteiger partial charge in [0, 0.05) is 80.4 Å². The SMILES string of the molecule is CC(=O)N[C@H](Cc1ccc2ccccc2c1)C(=O)N[C@H](Cc1ccc(Cl)cc1)C(=O)N[C@H](Cc1cccnc1)C(=O)N[C@@H](CO)C(=O)N[C@@H](Cc1ccc(NC(=O)[C@@H]2CC(=O)NC(=O)N2)cc1)C(=O)N[C@H](Cc1ccc(NC(N)=O)cc1)C(=O)N[C@@H](CC(C)C)C(=O)N[C@@H](CCCCNC(C)C)C(=O)N1CC[C@H]1C(=O)N[C@H](C)C(N)=O. The molecule has 0 radical (unpaired) electrons. The van der Waals surface area contributed by atoms with Gasteiger partial charge in [-0.1, -0.05) is 124 Å². The number of hydrogen-bond acceptors (Lipinski definition) is 18. The van der Waals surface area contributed by atoms with E-state index in [0.717, 1.165) is 10.8 Å². The number of anilines is 2. The molecule has 2 aliphatic rings. The molecule has 34 nitrogen and oxygen atoms in total. The number of nitrogens with two attached hydrogens (primary N) is 2.